The quantitative estimate of drug-likeness (QED) is 0.425. The molecule has 0 amide bonds. The molecule has 0 radical (unpaired) electrons. The Kier molecular flexibility index (Phi) is 5.62. The van der Waals surface area contributed by atoms with Gasteiger partial charge < -0.3 is 30.5 Å². The third-order valence-electron chi connectivity index (χ3n) is 5.91. The van der Waals surface area contributed by atoms with E-state index in [4.69, 9.17) is 20.7 Å². The summed E-state index contributed by atoms with van der Waals surface area (Å²) >= 11 is 0. The predicted octanol–water partition coefficient (Wildman–Crippen LogP) is 3.47. The summed E-state index contributed by atoms with van der Waals surface area (Å²) in [5.41, 5.74) is 15.5. The summed E-state index contributed by atoms with van der Waals surface area (Å²) in [6.45, 7) is -0.105. The van der Waals surface area contributed by atoms with Crippen LogP contribution < -0.4 is 21.1 Å². The molecular formula is C23H23F2N7O2. The fraction of sp³-hybridized carbons (Fsp3) is 0.261. The number of nitrogen functional groups attached to an aromatic ring is 2. The highest BCUT2D eigenvalue weighted by molar-refractivity contribution is 5.95. The van der Waals surface area contributed by atoms with Gasteiger partial charge in [-0.05, 0) is 25.2 Å². The average molecular weight is 467 g/mol. The molecule has 0 unspecified atom stereocenters. The topological polar surface area (TPSA) is 120 Å². The number of hydrogen-bond acceptors (Lipinski definition) is 9. The van der Waals surface area contributed by atoms with Gasteiger partial charge in [-0.1, -0.05) is 17.3 Å². The van der Waals surface area contributed by atoms with E-state index in [1.165, 1.54) is 12.3 Å². The van der Waals surface area contributed by atoms with E-state index in [2.05, 4.69) is 20.0 Å². The molecule has 2 aromatic carbocycles. The lowest BCUT2D eigenvalue weighted by Gasteiger charge is -2.35. The first-order chi connectivity index (χ1) is 16.4. The van der Waals surface area contributed by atoms with E-state index < -0.39 is 6.61 Å². The third-order valence-corrected chi connectivity index (χ3v) is 5.91. The van der Waals surface area contributed by atoms with Crippen LogP contribution in [0.1, 0.15) is 0 Å². The van der Waals surface area contributed by atoms with Crippen LogP contribution in [0.15, 0.2) is 47.1 Å². The molecule has 4 N–H and O–H groups in total. The van der Waals surface area contributed by atoms with E-state index in [0.717, 1.165) is 18.5 Å². The van der Waals surface area contributed by atoms with Crippen molar-refractivity contribution in [3.8, 4) is 28.5 Å². The van der Waals surface area contributed by atoms with Gasteiger partial charge in [0.1, 0.15) is 5.69 Å². The van der Waals surface area contributed by atoms with E-state index in [-0.39, 0.29) is 22.8 Å². The molecule has 0 aliphatic carbocycles. The van der Waals surface area contributed by atoms with Crippen LogP contribution in [0.2, 0.25) is 0 Å². The van der Waals surface area contributed by atoms with Crippen LogP contribution >= 0.6 is 0 Å². The van der Waals surface area contributed by atoms with Gasteiger partial charge >= 0.3 is 6.61 Å². The van der Waals surface area contributed by atoms with Crippen molar-refractivity contribution in [1.29, 1.82) is 0 Å². The molecule has 1 aliphatic heterocycles. The number of nitrogens with two attached hydrogens (primary N) is 2. The Morgan fingerprint density at radius 2 is 1.82 bits per heavy atom. The summed E-state index contributed by atoms with van der Waals surface area (Å²) < 4.78 is 36.5. The average Bonchev–Trinajstić information content (AvgIpc) is 3.26. The van der Waals surface area contributed by atoms with Gasteiger partial charge in [-0.3, -0.25) is 0 Å². The summed E-state index contributed by atoms with van der Waals surface area (Å²) in [5, 5.41) is 4.91. The van der Waals surface area contributed by atoms with Crippen LogP contribution in [0, 0.1) is 0 Å². The Labute approximate surface area is 193 Å². The Hall–Kier alpha value is -3.99. The van der Waals surface area contributed by atoms with E-state index in [1.807, 2.05) is 30.1 Å². The second-order valence-electron chi connectivity index (χ2n) is 8.06. The number of likely N-dealkylation sites (N-methyl/N-ethyl adjacent to an activating group) is 1. The van der Waals surface area contributed by atoms with Crippen molar-refractivity contribution in [2.45, 2.75) is 6.61 Å². The fourth-order valence-corrected chi connectivity index (χ4v) is 4.10. The van der Waals surface area contributed by atoms with Gasteiger partial charge in [0.25, 0.3) is 0 Å². The van der Waals surface area contributed by atoms with Gasteiger partial charge in [-0.2, -0.15) is 8.78 Å². The van der Waals surface area contributed by atoms with E-state index in [0.29, 0.717) is 41.4 Å². The number of rotatable bonds is 5. The fourth-order valence-electron chi connectivity index (χ4n) is 4.10. The number of halogens is 2. The minimum Gasteiger partial charge on any atom is -0.433 e. The number of nitrogens with zero attached hydrogens (tertiary/aromatic N) is 5. The van der Waals surface area contributed by atoms with Gasteiger partial charge in [-0.25, -0.2) is 9.97 Å². The van der Waals surface area contributed by atoms with Gasteiger partial charge in [0.2, 0.25) is 0 Å². The third kappa shape index (κ3) is 3.94. The maximum Gasteiger partial charge on any atom is 0.387 e. The van der Waals surface area contributed by atoms with E-state index in [9.17, 15) is 8.78 Å². The summed E-state index contributed by atoms with van der Waals surface area (Å²) in [6, 6.07) is 10.5. The molecule has 3 heterocycles. The summed E-state index contributed by atoms with van der Waals surface area (Å²) in [6.07, 6.45) is 1.54. The first kappa shape index (κ1) is 21.8. The summed E-state index contributed by atoms with van der Waals surface area (Å²) in [4.78, 5) is 13.1. The maximum atomic E-state index is 13.2. The SMILES string of the molecule is CN1CCN(c2cc(OC(F)F)c(N)c(-c3nccc(-c4noc5ccccc45)n3)c2N)CC1. The second kappa shape index (κ2) is 8.75. The summed E-state index contributed by atoms with van der Waals surface area (Å²) in [7, 11) is 2.02. The number of piperazine rings is 1. The molecule has 4 aromatic rings. The number of para-hydroxylation sites is 1. The van der Waals surface area contributed by atoms with Crippen molar-refractivity contribution in [3.63, 3.8) is 0 Å². The van der Waals surface area contributed by atoms with Crippen molar-refractivity contribution in [2.75, 3.05) is 49.6 Å². The molecular weight excluding hydrogens is 444 g/mol. The molecule has 11 heteroatoms. The predicted molar refractivity (Wildman–Crippen MR) is 126 cm³/mol. The normalized spacial score (nSPS) is 14.8. The van der Waals surface area contributed by atoms with Crippen LogP contribution in [0.5, 0.6) is 5.75 Å². The van der Waals surface area contributed by atoms with E-state index >= 15 is 0 Å². The smallest absolute Gasteiger partial charge is 0.387 e. The Balaban J connectivity index is 1.64. The molecule has 2 aromatic heterocycles. The lowest BCUT2D eigenvalue weighted by atomic mass is 10.0. The van der Waals surface area contributed by atoms with Gasteiger partial charge in [0.15, 0.2) is 17.2 Å². The molecule has 1 saturated heterocycles. The van der Waals surface area contributed by atoms with Crippen molar-refractivity contribution in [1.82, 2.24) is 20.0 Å². The lowest BCUT2D eigenvalue weighted by Crippen LogP contribution is -2.44. The number of fused-ring (bicyclic) bond motifs is 1. The molecule has 34 heavy (non-hydrogen) atoms. The minimum atomic E-state index is -3.05. The zero-order valence-electron chi connectivity index (χ0n) is 18.4. The van der Waals surface area contributed by atoms with Crippen LogP contribution in [-0.4, -0.2) is 59.9 Å². The highest BCUT2D eigenvalue weighted by atomic mass is 19.3. The first-order valence-electron chi connectivity index (χ1n) is 10.7. The highest BCUT2D eigenvalue weighted by Gasteiger charge is 2.25. The van der Waals surface area contributed by atoms with Crippen LogP contribution in [0.3, 0.4) is 0 Å². The molecule has 5 rings (SSSR count). The molecule has 0 atom stereocenters. The highest BCUT2D eigenvalue weighted by Crippen LogP contribution is 2.44. The minimum absolute atomic E-state index is 0.0576. The Morgan fingerprint density at radius 3 is 2.59 bits per heavy atom. The van der Waals surface area contributed by atoms with Crippen molar-refractivity contribution >= 4 is 28.0 Å². The molecule has 0 spiro atoms. The Morgan fingerprint density at radius 1 is 1.06 bits per heavy atom. The van der Waals surface area contributed by atoms with E-state index in [1.54, 1.807) is 12.1 Å². The number of anilines is 3. The molecule has 1 fully saturated rings. The molecule has 0 bridgehead atoms. The van der Waals surface area contributed by atoms with Crippen LogP contribution in [-0.2, 0) is 0 Å². The van der Waals surface area contributed by atoms with Crippen LogP contribution in [0.4, 0.5) is 25.8 Å². The number of aromatic nitrogens is 3. The second-order valence-corrected chi connectivity index (χ2v) is 8.06. The van der Waals surface area contributed by atoms with Crippen LogP contribution in [0.25, 0.3) is 33.7 Å². The summed E-state index contributed by atoms with van der Waals surface area (Å²) in [5.74, 6) is 0.00342. The molecule has 176 valence electrons. The van der Waals surface area contributed by atoms with Gasteiger partial charge in [0.05, 0.1) is 33.7 Å². The maximum absolute atomic E-state index is 13.2. The first-order valence-corrected chi connectivity index (χ1v) is 10.7. The monoisotopic (exact) mass is 467 g/mol. The van der Waals surface area contributed by atoms with Gasteiger partial charge in [-0.15, -0.1) is 0 Å². The zero-order chi connectivity index (χ0) is 23.8. The molecule has 9 nitrogen and oxygen atoms in total. The van der Waals surface area contributed by atoms with Crippen molar-refractivity contribution in [3.05, 3.63) is 42.6 Å². The zero-order valence-corrected chi connectivity index (χ0v) is 18.4. The standard InChI is InChI=1S/C23H23F2N7O2/c1-31-8-10-32(11-9-31)15-12-17(33-23(24)25)20(27)18(19(15)26)22-28-7-6-14(29-22)21-13-4-2-3-5-16(13)34-30-21/h2-7,12,23H,8-11,26-27H2,1H3. The number of alkyl halides is 2. The number of ether oxygens (including phenoxy) is 1. The largest absolute Gasteiger partial charge is 0.433 e. The Bertz CT molecular complexity index is 1340. The molecule has 0 saturated carbocycles. The number of benzene rings is 2. The van der Waals surface area contributed by atoms with Crippen molar-refractivity contribution in [2.24, 2.45) is 0 Å². The van der Waals surface area contributed by atoms with Gasteiger partial charge in [0, 0.05) is 38.4 Å². The van der Waals surface area contributed by atoms with Crippen molar-refractivity contribution < 1.29 is 18.0 Å². The molecule has 1 aliphatic rings. The number of hydrogen-bond donors (Lipinski definition) is 2. The lowest BCUT2D eigenvalue weighted by molar-refractivity contribution is -0.0492.